The molecule has 1 heterocycles. The summed E-state index contributed by atoms with van der Waals surface area (Å²) in [6, 6.07) is 21.7. The van der Waals surface area contributed by atoms with Gasteiger partial charge in [0.2, 0.25) is 0 Å². The molecule has 3 aromatic rings. The standard InChI is InChI=1S/C20H17NO2/c22-20(16-10-9-14-5-1-2-6-15(14)13-16)21-18-11-12-23-19-8-4-3-7-17(18)19/h1-10,13,18H,11-12H2,(H,21,22)/t18-/m1/s1. The van der Waals surface area contributed by atoms with E-state index in [-0.39, 0.29) is 11.9 Å². The maximum absolute atomic E-state index is 12.6. The number of carbonyl (C=O) groups is 1. The third kappa shape index (κ3) is 2.66. The number of fused-ring (bicyclic) bond motifs is 2. The van der Waals surface area contributed by atoms with Crippen LogP contribution in [0.5, 0.6) is 5.75 Å². The van der Waals surface area contributed by atoms with Gasteiger partial charge in [-0.1, -0.05) is 48.5 Å². The van der Waals surface area contributed by atoms with E-state index >= 15 is 0 Å². The molecule has 3 heteroatoms. The van der Waals surface area contributed by atoms with Crippen molar-refractivity contribution in [1.29, 1.82) is 0 Å². The van der Waals surface area contributed by atoms with Crippen molar-refractivity contribution in [1.82, 2.24) is 5.32 Å². The average molecular weight is 303 g/mol. The molecule has 0 unspecified atom stereocenters. The maximum Gasteiger partial charge on any atom is 0.251 e. The Labute approximate surface area is 134 Å². The van der Waals surface area contributed by atoms with Gasteiger partial charge in [-0.25, -0.2) is 0 Å². The molecule has 0 saturated heterocycles. The Morgan fingerprint density at radius 3 is 2.65 bits per heavy atom. The minimum atomic E-state index is -0.0440. The van der Waals surface area contributed by atoms with E-state index in [0.29, 0.717) is 12.2 Å². The molecule has 1 N–H and O–H groups in total. The second-order valence-corrected chi connectivity index (χ2v) is 5.76. The number of hydrogen-bond acceptors (Lipinski definition) is 2. The molecule has 114 valence electrons. The van der Waals surface area contributed by atoms with Gasteiger partial charge in [-0.05, 0) is 29.0 Å². The molecule has 0 aliphatic carbocycles. The lowest BCUT2D eigenvalue weighted by Gasteiger charge is -2.26. The highest BCUT2D eigenvalue weighted by atomic mass is 16.5. The summed E-state index contributed by atoms with van der Waals surface area (Å²) in [5.74, 6) is 0.819. The van der Waals surface area contributed by atoms with Crippen molar-refractivity contribution < 1.29 is 9.53 Å². The first-order chi connectivity index (χ1) is 11.3. The van der Waals surface area contributed by atoms with Crippen LogP contribution in [0, 0.1) is 0 Å². The average Bonchev–Trinajstić information content (AvgIpc) is 2.61. The van der Waals surface area contributed by atoms with Crippen molar-refractivity contribution in [3.05, 3.63) is 77.9 Å². The number of rotatable bonds is 2. The van der Waals surface area contributed by atoms with E-state index in [9.17, 15) is 4.79 Å². The highest BCUT2D eigenvalue weighted by molar-refractivity contribution is 5.98. The normalized spacial score (nSPS) is 16.4. The first kappa shape index (κ1) is 13.8. The topological polar surface area (TPSA) is 38.3 Å². The zero-order valence-electron chi connectivity index (χ0n) is 12.7. The van der Waals surface area contributed by atoms with E-state index < -0.39 is 0 Å². The molecule has 0 spiro atoms. The van der Waals surface area contributed by atoms with Gasteiger partial charge in [-0.2, -0.15) is 0 Å². The number of amides is 1. The molecule has 0 radical (unpaired) electrons. The molecular formula is C20H17NO2. The zero-order chi connectivity index (χ0) is 15.6. The van der Waals surface area contributed by atoms with Crippen molar-refractivity contribution in [2.45, 2.75) is 12.5 Å². The summed E-state index contributed by atoms with van der Waals surface area (Å²) >= 11 is 0. The van der Waals surface area contributed by atoms with Crippen LogP contribution in [0.4, 0.5) is 0 Å². The van der Waals surface area contributed by atoms with E-state index in [0.717, 1.165) is 28.5 Å². The van der Waals surface area contributed by atoms with Crippen LogP contribution in [0.1, 0.15) is 28.4 Å². The highest BCUT2D eigenvalue weighted by Crippen LogP contribution is 2.31. The van der Waals surface area contributed by atoms with Gasteiger partial charge in [-0.15, -0.1) is 0 Å². The number of hydrogen-bond donors (Lipinski definition) is 1. The first-order valence-corrected chi connectivity index (χ1v) is 7.83. The molecule has 0 fully saturated rings. The second kappa shape index (κ2) is 5.76. The number of para-hydroxylation sites is 1. The summed E-state index contributed by atoms with van der Waals surface area (Å²) < 4.78 is 5.65. The number of carbonyl (C=O) groups excluding carboxylic acids is 1. The third-order valence-electron chi connectivity index (χ3n) is 4.28. The molecule has 23 heavy (non-hydrogen) atoms. The lowest BCUT2D eigenvalue weighted by atomic mass is 10.00. The summed E-state index contributed by atoms with van der Waals surface area (Å²) in [4.78, 5) is 12.6. The maximum atomic E-state index is 12.6. The van der Waals surface area contributed by atoms with E-state index in [1.165, 1.54) is 0 Å². The third-order valence-corrected chi connectivity index (χ3v) is 4.28. The van der Waals surface area contributed by atoms with Crippen LogP contribution < -0.4 is 10.1 Å². The fourth-order valence-corrected chi connectivity index (χ4v) is 3.06. The van der Waals surface area contributed by atoms with Crippen LogP contribution in [0.2, 0.25) is 0 Å². The van der Waals surface area contributed by atoms with Gasteiger partial charge in [0.1, 0.15) is 5.75 Å². The minimum absolute atomic E-state index is 0.001000. The van der Waals surface area contributed by atoms with Crippen LogP contribution in [0.25, 0.3) is 10.8 Å². The van der Waals surface area contributed by atoms with Crippen molar-refractivity contribution in [3.8, 4) is 5.75 Å². The number of benzene rings is 3. The Hall–Kier alpha value is -2.81. The van der Waals surface area contributed by atoms with Gasteiger partial charge in [0, 0.05) is 17.5 Å². The van der Waals surface area contributed by atoms with E-state index in [2.05, 4.69) is 5.32 Å². The number of ether oxygens (including phenoxy) is 1. The molecule has 0 bridgehead atoms. The van der Waals surface area contributed by atoms with Crippen LogP contribution in [-0.4, -0.2) is 12.5 Å². The molecule has 1 atom stereocenters. The van der Waals surface area contributed by atoms with Crippen LogP contribution >= 0.6 is 0 Å². The molecule has 4 rings (SSSR count). The Morgan fingerprint density at radius 1 is 0.957 bits per heavy atom. The van der Waals surface area contributed by atoms with Gasteiger partial charge < -0.3 is 10.1 Å². The lowest BCUT2D eigenvalue weighted by molar-refractivity contribution is 0.0925. The van der Waals surface area contributed by atoms with Crippen LogP contribution in [0.3, 0.4) is 0 Å². The fourth-order valence-electron chi connectivity index (χ4n) is 3.06. The van der Waals surface area contributed by atoms with Gasteiger partial charge >= 0.3 is 0 Å². The first-order valence-electron chi connectivity index (χ1n) is 7.83. The van der Waals surface area contributed by atoms with Gasteiger partial charge in [0.25, 0.3) is 5.91 Å². The predicted octanol–water partition coefficient (Wildman–Crippen LogP) is 4.09. The van der Waals surface area contributed by atoms with E-state index in [1.54, 1.807) is 0 Å². The molecule has 1 aliphatic heterocycles. The van der Waals surface area contributed by atoms with Crippen molar-refractivity contribution in [2.75, 3.05) is 6.61 Å². The SMILES string of the molecule is O=C(N[C@@H]1CCOc2ccccc21)c1ccc2ccccc2c1. The molecule has 3 nitrogen and oxygen atoms in total. The monoisotopic (exact) mass is 303 g/mol. The summed E-state index contributed by atoms with van der Waals surface area (Å²) in [6.45, 7) is 0.625. The summed E-state index contributed by atoms with van der Waals surface area (Å²) in [5, 5.41) is 5.35. The van der Waals surface area contributed by atoms with Gasteiger partial charge in [-0.3, -0.25) is 4.79 Å². The highest BCUT2D eigenvalue weighted by Gasteiger charge is 2.23. The molecule has 3 aromatic carbocycles. The second-order valence-electron chi connectivity index (χ2n) is 5.76. The number of nitrogens with one attached hydrogen (secondary N) is 1. The fraction of sp³-hybridized carbons (Fsp3) is 0.150. The molecule has 1 amide bonds. The zero-order valence-corrected chi connectivity index (χ0v) is 12.7. The summed E-state index contributed by atoms with van der Waals surface area (Å²) in [6.07, 6.45) is 0.788. The van der Waals surface area contributed by atoms with Crippen LogP contribution in [-0.2, 0) is 0 Å². The molecule has 0 aromatic heterocycles. The summed E-state index contributed by atoms with van der Waals surface area (Å²) in [5.41, 5.74) is 1.74. The quantitative estimate of drug-likeness (QED) is 0.774. The Kier molecular flexibility index (Phi) is 3.46. The molecular weight excluding hydrogens is 286 g/mol. The van der Waals surface area contributed by atoms with Crippen LogP contribution in [0.15, 0.2) is 66.7 Å². The smallest absolute Gasteiger partial charge is 0.251 e. The van der Waals surface area contributed by atoms with Gasteiger partial charge in [0.05, 0.1) is 12.6 Å². The Morgan fingerprint density at radius 2 is 1.74 bits per heavy atom. The molecule has 1 aliphatic rings. The predicted molar refractivity (Wildman–Crippen MR) is 90.7 cm³/mol. The van der Waals surface area contributed by atoms with Gasteiger partial charge in [0.15, 0.2) is 0 Å². The van der Waals surface area contributed by atoms with Crippen molar-refractivity contribution >= 4 is 16.7 Å². The molecule has 0 saturated carbocycles. The van der Waals surface area contributed by atoms with E-state index in [4.69, 9.17) is 4.74 Å². The Bertz CT molecular complexity index is 872. The summed E-state index contributed by atoms with van der Waals surface area (Å²) in [7, 11) is 0. The largest absolute Gasteiger partial charge is 0.493 e. The lowest BCUT2D eigenvalue weighted by Crippen LogP contribution is -2.32. The van der Waals surface area contributed by atoms with Crippen molar-refractivity contribution in [2.24, 2.45) is 0 Å². The minimum Gasteiger partial charge on any atom is -0.493 e. The van der Waals surface area contributed by atoms with E-state index in [1.807, 2.05) is 66.7 Å². The Balaban J connectivity index is 1.60. The van der Waals surface area contributed by atoms with Crippen molar-refractivity contribution in [3.63, 3.8) is 0 Å².